The zero-order chi connectivity index (χ0) is 11.4. The predicted molar refractivity (Wildman–Crippen MR) is 66.6 cm³/mol. The molecule has 5 heteroatoms. The number of nitrogen functional groups attached to an aromatic ring is 1. The van der Waals surface area contributed by atoms with Crippen LogP contribution in [0.3, 0.4) is 0 Å². The minimum atomic E-state index is -0.269. The Morgan fingerprint density at radius 1 is 1.47 bits per heavy atom. The number of carbonyl (C=O) groups is 1. The smallest absolute Gasteiger partial charge is 0.310 e. The zero-order valence-electron chi connectivity index (χ0n) is 8.22. The Hall–Kier alpha value is -0.550. The van der Waals surface area contributed by atoms with Crippen LogP contribution in [0.1, 0.15) is 12.5 Å². The molecule has 1 aromatic rings. The molecule has 0 aliphatic rings. The van der Waals surface area contributed by atoms with Gasteiger partial charge < -0.3 is 10.5 Å². The van der Waals surface area contributed by atoms with Gasteiger partial charge in [0.05, 0.1) is 13.0 Å². The summed E-state index contributed by atoms with van der Waals surface area (Å²) in [6.07, 6.45) is 0.192. The molecule has 0 radical (unpaired) electrons. The first-order valence-electron chi connectivity index (χ1n) is 4.43. The van der Waals surface area contributed by atoms with Crippen molar-refractivity contribution in [3.05, 3.63) is 26.6 Å². The molecule has 0 amide bonds. The highest BCUT2D eigenvalue weighted by atomic mass is 79.9. The van der Waals surface area contributed by atoms with Crippen LogP contribution in [0.15, 0.2) is 21.1 Å². The van der Waals surface area contributed by atoms with Crippen molar-refractivity contribution < 1.29 is 9.53 Å². The molecule has 1 aromatic carbocycles. The highest BCUT2D eigenvalue weighted by molar-refractivity contribution is 9.11. The molecule has 82 valence electrons. The van der Waals surface area contributed by atoms with Crippen molar-refractivity contribution in [1.82, 2.24) is 0 Å². The lowest BCUT2D eigenvalue weighted by Gasteiger charge is -2.08. The number of rotatable bonds is 3. The zero-order valence-corrected chi connectivity index (χ0v) is 11.4. The Kier molecular flexibility index (Phi) is 4.60. The lowest BCUT2D eigenvalue weighted by molar-refractivity contribution is -0.142. The number of hydrogen-bond acceptors (Lipinski definition) is 3. The number of hydrogen-bond donors (Lipinski definition) is 1. The van der Waals surface area contributed by atoms with Crippen molar-refractivity contribution in [3.8, 4) is 0 Å². The van der Waals surface area contributed by atoms with Crippen molar-refractivity contribution in [1.29, 1.82) is 0 Å². The Balaban J connectivity index is 2.89. The van der Waals surface area contributed by atoms with Gasteiger partial charge in [0.15, 0.2) is 0 Å². The van der Waals surface area contributed by atoms with E-state index in [1.54, 1.807) is 6.92 Å². The summed E-state index contributed by atoms with van der Waals surface area (Å²) in [4.78, 5) is 11.3. The second kappa shape index (κ2) is 5.51. The van der Waals surface area contributed by atoms with Crippen LogP contribution in [0, 0.1) is 0 Å². The van der Waals surface area contributed by atoms with E-state index in [-0.39, 0.29) is 12.4 Å². The molecule has 0 aromatic heterocycles. The predicted octanol–water partition coefficient (Wildman–Crippen LogP) is 2.90. The quantitative estimate of drug-likeness (QED) is 0.682. The van der Waals surface area contributed by atoms with Crippen LogP contribution >= 0.6 is 31.9 Å². The summed E-state index contributed by atoms with van der Waals surface area (Å²) < 4.78 is 6.51. The van der Waals surface area contributed by atoms with Crippen LogP contribution in [0.2, 0.25) is 0 Å². The number of carbonyl (C=O) groups excluding carboxylic acids is 1. The van der Waals surface area contributed by atoms with E-state index >= 15 is 0 Å². The van der Waals surface area contributed by atoms with Crippen LogP contribution < -0.4 is 5.73 Å². The molecule has 0 spiro atoms. The summed E-state index contributed by atoms with van der Waals surface area (Å²) in [6.45, 7) is 2.16. The third-order valence-electron chi connectivity index (χ3n) is 1.82. The summed E-state index contributed by atoms with van der Waals surface area (Å²) in [5.74, 6) is -0.269. The monoisotopic (exact) mass is 335 g/mol. The standard InChI is InChI=1S/C10H11Br2NO2/c1-2-15-9(14)4-6-3-7(11)5-8(12)10(6)13/h3,5H,2,4,13H2,1H3. The van der Waals surface area contributed by atoms with Crippen LogP contribution in [0.25, 0.3) is 0 Å². The average Bonchev–Trinajstić information content (AvgIpc) is 2.13. The fraction of sp³-hybridized carbons (Fsp3) is 0.300. The fourth-order valence-electron chi connectivity index (χ4n) is 1.15. The van der Waals surface area contributed by atoms with Gasteiger partial charge in [-0.05, 0) is 40.5 Å². The summed E-state index contributed by atoms with van der Waals surface area (Å²) in [5.41, 5.74) is 7.15. The van der Waals surface area contributed by atoms with Gasteiger partial charge in [0.25, 0.3) is 0 Å². The normalized spacial score (nSPS) is 10.1. The van der Waals surface area contributed by atoms with E-state index in [4.69, 9.17) is 10.5 Å². The summed E-state index contributed by atoms with van der Waals surface area (Å²) in [5, 5.41) is 0. The first-order chi connectivity index (χ1) is 7.04. The van der Waals surface area contributed by atoms with Crippen LogP contribution in [-0.2, 0) is 16.0 Å². The summed E-state index contributed by atoms with van der Waals surface area (Å²) >= 11 is 6.66. The first-order valence-corrected chi connectivity index (χ1v) is 6.02. The number of esters is 1. The molecule has 3 nitrogen and oxygen atoms in total. The summed E-state index contributed by atoms with van der Waals surface area (Å²) in [7, 11) is 0. The lowest BCUT2D eigenvalue weighted by Crippen LogP contribution is -2.09. The molecular formula is C10H11Br2NO2. The molecule has 0 saturated carbocycles. The number of halogens is 2. The van der Waals surface area contributed by atoms with Gasteiger partial charge in [-0.2, -0.15) is 0 Å². The van der Waals surface area contributed by atoms with Crippen molar-refractivity contribution in [3.63, 3.8) is 0 Å². The lowest BCUT2D eigenvalue weighted by atomic mass is 10.1. The fourth-order valence-corrected chi connectivity index (χ4v) is 2.47. The molecule has 0 aliphatic carbocycles. The second-order valence-corrected chi connectivity index (χ2v) is 4.71. The Bertz CT molecular complexity index is 380. The number of nitrogens with two attached hydrogens (primary N) is 1. The number of ether oxygens (including phenoxy) is 1. The maximum Gasteiger partial charge on any atom is 0.310 e. The molecule has 0 atom stereocenters. The minimum absolute atomic E-state index is 0.192. The van der Waals surface area contributed by atoms with Gasteiger partial charge >= 0.3 is 5.97 Å². The SMILES string of the molecule is CCOC(=O)Cc1cc(Br)cc(Br)c1N. The molecular weight excluding hydrogens is 326 g/mol. The van der Waals surface area contributed by atoms with E-state index in [0.717, 1.165) is 14.5 Å². The van der Waals surface area contributed by atoms with E-state index in [1.807, 2.05) is 12.1 Å². The Morgan fingerprint density at radius 3 is 2.73 bits per heavy atom. The molecule has 0 fully saturated rings. The van der Waals surface area contributed by atoms with E-state index < -0.39 is 0 Å². The van der Waals surface area contributed by atoms with Crippen molar-refractivity contribution in [2.45, 2.75) is 13.3 Å². The van der Waals surface area contributed by atoms with Crippen LogP contribution in [0.4, 0.5) is 5.69 Å². The van der Waals surface area contributed by atoms with Crippen LogP contribution in [-0.4, -0.2) is 12.6 Å². The van der Waals surface area contributed by atoms with Gasteiger partial charge in [-0.3, -0.25) is 4.79 Å². The largest absolute Gasteiger partial charge is 0.466 e. The second-order valence-electron chi connectivity index (χ2n) is 2.94. The van der Waals surface area contributed by atoms with E-state index in [9.17, 15) is 4.79 Å². The molecule has 0 heterocycles. The highest BCUT2D eigenvalue weighted by Gasteiger charge is 2.10. The van der Waals surface area contributed by atoms with Gasteiger partial charge in [-0.1, -0.05) is 15.9 Å². The van der Waals surface area contributed by atoms with Gasteiger partial charge in [0.1, 0.15) is 0 Å². The van der Waals surface area contributed by atoms with Crippen molar-refractivity contribution in [2.75, 3.05) is 12.3 Å². The molecule has 1 rings (SSSR count). The van der Waals surface area contributed by atoms with Gasteiger partial charge in [0.2, 0.25) is 0 Å². The first kappa shape index (κ1) is 12.5. The molecule has 0 aliphatic heterocycles. The van der Waals surface area contributed by atoms with E-state index in [1.165, 1.54) is 0 Å². The third-order valence-corrected chi connectivity index (χ3v) is 2.93. The van der Waals surface area contributed by atoms with E-state index in [2.05, 4.69) is 31.9 Å². The Morgan fingerprint density at radius 2 is 2.13 bits per heavy atom. The molecule has 2 N–H and O–H groups in total. The number of benzene rings is 1. The summed E-state index contributed by atoms with van der Waals surface area (Å²) in [6, 6.07) is 3.65. The minimum Gasteiger partial charge on any atom is -0.466 e. The molecule has 0 unspecified atom stereocenters. The number of anilines is 1. The van der Waals surface area contributed by atoms with Gasteiger partial charge in [-0.25, -0.2) is 0 Å². The van der Waals surface area contributed by atoms with Gasteiger partial charge in [0, 0.05) is 14.6 Å². The molecule has 0 bridgehead atoms. The maximum atomic E-state index is 11.3. The van der Waals surface area contributed by atoms with E-state index in [0.29, 0.717) is 12.3 Å². The van der Waals surface area contributed by atoms with Crippen molar-refractivity contribution >= 4 is 43.5 Å². The van der Waals surface area contributed by atoms with Crippen LogP contribution in [0.5, 0.6) is 0 Å². The third kappa shape index (κ3) is 3.50. The maximum absolute atomic E-state index is 11.3. The highest BCUT2D eigenvalue weighted by Crippen LogP contribution is 2.28. The van der Waals surface area contributed by atoms with Crippen molar-refractivity contribution in [2.24, 2.45) is 0 Å². The molecule has 15 heavy (non-hydrogen) atoms. The van der Waals surface area contributed by atoms with Gasteiger partial charge in [-0.15, -0.1) is 0 Å². The Labute approximate surface area is 105 Å². The topological polar surface area (TPSA) is 52.3 Å². The molecule has 0 saturated heterocycles. The average molecular weight is 337 g/mol.